The zero-order chi connectivity index (χ0) is 12.2. The van der Waals surface area contributed by atoms with Crippen LogP contribution in [0.3, 0.4) is 0 Å². The molecule has 1 aromatic carbocycles. The van der Waals surface area contributed by atoms with Crippen molar-refractivity contribution in [1.82, 2.24) is 5.43 Å². The normalized spacial score (nSPS) is 10.4. The van der Waals surface area contributed by atoms with Crippen molar-refractivity contribution in [2.75, 3.05) is 0 Å². The zero-order valence-electron chi connectivity index (χ0n) is 8.45. The third-order valence-corrected chi connectivity index (χ3v) is 1.68. The molecule has 96 valence electrons. The molecule has 0 heterocycles. The van der Waals surface area contributed by atoms with Gasteiger partial charge in [0.15, 0.2) is 0 Å². The number of nitrogens with two attached hydrogens (primary N) is 1. The zero-order valence-corrected chi connectivity index (χ0v) is 9.27. The second-order valence-corrected chi connectivity index (χ2v) is 2.94. The van der Waals surface area contributed by atoms with Crippen LogP contribution in [0, 0.1) is 0 Å². The van der Waals surface area contributed by atoms with Gasteiger partial charge in [-0.1, -0.05) is 12.1 Å². The molecule has 17 heavy (non-hydrogen) atoms. The summed E-state index contributed by atoms with van der Waals surface area (Å²) in [5.41, 5.74) is 2.46. The van der Waals surface area contributed by atoms with Crippen LogP contribution in [0.15, 0.2) is 24.3 Å². The van der Waals surface area contributed by atoms with Gasteiger partial charge >= 0.3 is 6.36 Å². The Balaban J connectivity index is 0.00000256. The number of alkyl halides is 3. The topological polar surface area (TPSA) is 64.3 Å². The molecule has 0 spiro atoms. The molecule has 8 heteroatoms. The summed E-state index contributed by atoms with van der Waals surface area (Å²) in [4.78, 5) is 10.8. The molecule has 0 aliphatic heterocycles. The first-order chi connectivity index (χ1) is 7.40. The molecule has 4 nitrogen and oxygen atoms in total. The van der Waals surface area contributed by atoms with E-state index in [0.29, 0.717) is 5.56 Å². The second-order valence-electron chi connectivity index (χ2n) is 2.94. The first-order valence-electron chi connectivity index (χ1n) is 4.25. The fourth-order valence-electron chi connectivity index (χ4n) is 1.05. The molecule has 1 aromatic rings. The first-order valence-corrected chi connectivity index (χ1v) is 4.25. The lowest BCUT2D eigenvalue weighted by molar-refractivity contribution is -0.274. The minimum atomic E-state index is -4.71. The summed E-state index contributed by atoms with van der Waals surface area (Å²) >= 11 is 0. The van der Waals surface area contributed by atoms with Crippen molar-refractivity contribution in [2.24, 2.45) is 5.84 Å². The highest BCUT2D eigenvalue weighted by atomic mass is 35.5. The van der Waals surface area contributed by atoms with Crippen molar-refractivity contribution in [3.63, 3.8) is 0 Å². The first kappa shape index (κ1) is 15.5. The van der Waals surface area contributed by atoms with Crippen molar-refractivity contribution in [3.05, 3.63) is 29.8 Å². The van der Waals surface area contributed by atoms with Crippen molar-refractivity contribution >= 4 is 18.3 Å². The predicted molar refractivity (Wildman–Crippen MR) is 56.4 cm³/mol. The van der Waals surface area contributed by atoms with Gasteiger partial charge in [0.05, 0.1) is 6.42 Å². The van der Waals surface area contributed by atoms with E-state index in [1.54, 1.807) is 0 Å². The molecule has 1 amide bonds. The van der Waals surface area contributed by atoms with Gasteiger partial charge in [0.2, 0.25) is 5.91 Å². The molecule has 1 rings (SSSR count). The summed E-state index contributed by atoms with van der Waals surface area (Å²) in [6.07, 6.45) is -4.71. The summed E-state index contributed by atoms with van der Waals surface area (Å²) in [6.45, 7) is 0. The van der Waals surface area contributed by atoms with Gasteiger partial charge in [-0.2, -0.15) is 0 Å². The van der Waals surface area contributed by atoms with E-state index in [9.17, 15) is 18.0 Å². The number of amides is 1. The number of carbonyl (C=O) groups excluding carboxylic acids is 1. The Morgan fingerprint density at radius 1 is 1.29 bits per heavy atom. The minimum absolute atomic E-state index is 0. The fraction of sp³-hybridized carbons (Fsp3) is 0.222. The smallest absolute Gasteiger partial charge is 0.406 e. The monoisotopic (exact) mass is 270 g/mol. The molecule has 0 radical (unpaired) electrons. The molecule has 0 aliphatic rings. The summed E-state index contributed by atoms with van der Waals surface area (Å²) in [5.74, 6) is 4.10. The molecule has 0 saturated carbocycles. The SMILES string of the molecule is Cl.NNC(=O)Cc1ccc(OC(F)(F)F)cc1. The van der Waals surface area contributed by atoms with Crippen molar-refractivity contribution in [1.29, 1.82) is 0 Å². The third-order valence-electron chi connectivity index (χ3n) is 1.68. The van der Waals surface area contributed by atoms with Crippen molar-refractivity contribution in [2.45, 2.75) is 12.8 Å². The number of benzene rings is 1. The van der Waals surface area contributed by atoms with E-state index in [2.05, 4.69) is 4.74 Å². The van der Waals surface area contributed by atoms with Crippen LogP contribution < -0.4 is 16.0 Å². The molecule has 0 saturated heterocycles. The van der Waals surface area contributed by atoms with Gasteiger partial charge in [-0.05, 0) is 17.7 Å². The van der Waals surface area contributed by atoms with Crippen LogP contribution in [0.4, 0.5) is 13.2 Å². The number of hydrogen-bond donors (Lipinski definition) is 2. The summed E-state index contributed by atoms with van der Waals surface area (Å²) in [6, 6.07) is 4.98. The average molecular weight is 271 g/mol. The van der Waals surface area contributed by atoms with Crippen LogP contribution in [0.25, 0.3) is 0 Å². The standard InChI is InChI=1S/C9H9F3N2O2.ClH/c10-9(11,12)16-7-3-1-6(2-4-7)5-8(15)14-13;/h1-4H,5,13H2,(H,14,15);1H. The fourth-order valence-corrected chi connectivity index (χ4v) is 1.05. The maximum absolute atomic E-state index is 11.8. The number of ether oxygens (including phenoxy) is 1. The number of rotatable bonds is 3. The van der Waals surface area contributed by atoms with E-state index in [0.717, 1.165) is 12.1 Å². The van der Waals surface area contributed by atoms with Crippen LogP contribution in [-0.2, 0) is 11.2 Å². The second kappa shape index (κ2) is 6.31. The molecule has 0 fully saturated rings. The molecule has 0 bridgehead atoms. The third kappa shape index (κ3) is 5.98. The molecular formula is C9H10ClF3N2O2. The van der Waals surface area contributed by atoms with E-state index in [1.165, 1.54) is 12.1 Å². The predicted octanol–water partition coefficient (Wildman–Crippen LogP) is 1.54. The summed E-state index contributed by atoms with van der Waals surface area (Å²) in [7, 11) is 0. The Kier molecular flexibility index (Phi) is 5.77. The van der Waals surface area contributed by atoms with E-state index < -0.39 is 12.3 Å². The molecule has 3 N–H and O–H groups in total. The number of hydrazine groups is 1. The molecular weight excluding hydrogens is 261 g/mol. The molecule has 0 atom stereocenters. The van der Waals surface area contributed by atoms with Gasteiger partial charge < -0.3 is 4.74 Å². The highest BCUT2D eigenvalue weighted by molar-refractivity contribution is 5.85. The number of halogens is 4. The lowest BCUT2D eigenvalue weighted by Crippen LogP contribution is -2.31. The number of hydrogen-bond acceptors (Lipinski definition) is 3. The summed E-state index contributed by atoms with van der Waals surface area (Å²) < 4.78 is 39.1. The van der Waals surface area contributed by atoms with Gasteiger partial charge in [-0.3, -0.25) is 10.2 Å². The van der Waals surface area contributed by atoms with Gasteiger partial charge in [-0.25, -0.2) is 5.84 Å². The lowest BCUT2D eigenvalue weighted by Gasteiger charge is -2.08. The van der Waals surface area contributed by atoms with E-state index >= 15 is 0 Å². The van der Waals surface area contributed by atoms with Crippen molar-refractivity contribution < 1.29 is 22.7 Å². The van der Waals surface area contributed by atoms with E-state index in [4.69, 9.17) is 5.84 Å². The minimum Gasteiger partial charge on any atom is -0.406 e. The van der Waals surface area contributed by atoms with E-state index in [-0.39, 0.29) is 24.6 Å². The Hall–Kier alpha value is -1.47. The largest absolute Gasteiger partial charge is 0.573 e. The number of nitrogens with one attached hydrogen (secondary N) is 1. The summed E-state index contributed by atoms with van der Waals surface area (Å²) in [5, 5.41) is 0. The van der Waals surface area contributed by atoms with Gasteiger partial charge in [0.1, 0.15) is 5.75 Å². The number of carbonyl (C=O) groups is 1. The Bertz CT molecular complexity index is 367. The maximum Gasteiger partial charge on any atom is 0.573 e. The van der Waals surface area contributed by atoms with Crippen LogP contribution in [-0.4, -0.2) is 12.3 Å². The molecule has 0 unspecified atom stereocenters. The highest BCUT2D eigenvalue weighted by Gasteiger charge is 2.30. The Morgan fingerprint density at radius 2 is 1.82 bits per heavy atom. The molecule has 0 aliphatic carbocycles. The van der Waals surface area contributed by atoms with Crippen LogP contribution in [0.5, 0.6) is 5.75 Å². The van der Waals surface area contributed by atoms with Gasteiger partial charge in [-0.15, -0.1) is 25.6 Å². The maximum atomic E-state index is 11.8. The quantitative estimate of drug-likeness (QED) is 0.497. The van der Waals surface area contributed by atoms with Crippen molar-refractivity contribution in [3.8, 4) is 5.75 Å². The van der Waals surface area contributed by atoms with Gasteiger partial charge in [0.25, 0.3) is 0 Å². The Morgan fingerprint density at radius 3 is 2.24 bits per heavy atom. The Labute approximate surface area is 101 Å². The highest BCUT2D eigenvalue weighted by Crippen LogP contribution is 2.22. The molecule has 0 aromatic heterocycles. The van der Waals surface area contributed by atoms with E-state index in [1.807, 2.05) is 5.43 Å². The average Bonchev–Trinajstić information content (AvgIpc) is 2.18. The van der Waals surface area contributed by atoms with Gasteiger partial charge in [0, 0.05) is 0 Å². The van der Waals surface area contributed by atoms with Crippen LogP contribution >= 0.6 is 12.4 Å². The van der Waals surface area contributed by atoms with Crippen LogP contribution in [0.1, 0.15) is 5.56 Å². The van der Waals surface area contributed by atoms with Crippen LogP contribution in [0.2, 0.25) is 0 Å². The lowest BCUT2D eigenvalue weighted by atomic mass is 10.1.